The maximum Gasteiger partial charge on any atom is 0.410 e. The molecule has 1 aliphatic carbocycles. The molecule has 2 atom stereocenters. The van der Waals surface area contributed by atoms with Gasteiger partial charge in [-0.1, -0.05) is 66.7 Å². The predicted octanol–water partition coefficient (Wildman–Crippen LogP) is 6.07. The fraction of sp³-hybridized carbons (Fsp3) is 0.367. The van der Waals surface area contributed by atoms with Gasteiger partial charge in [0, 0.05) is 30.8 Å². The normalized spacial score (nSPS) is 25.2. The molecule has 2 fully saturated rings. The monoisotopic (exact) mass is 453 g/mol. The summed E-state index contributed by atoms with van der Waals surface area (Å²) in [7, 11) is 0. The number of fused-ring (bicyclic) bond motifs is 5. The van der Waals surface area contributed by atoms with E-state index in [0.29, 0.717) is 19.4 Å². The van der Waals surface area contributed by atoms with Crippen LogP contribution in [0.4, 0.5) is 4.79 Å². The van der Waals surface area contributed by atoms with Crippen molar-refractivity contribution in [2.45, 2.75) is 63.1 Å². The Bertz CT molecular complexity index is 1190. The fourth-order valence-electron chi connectivity index (χ4n) is 6.94. The zero-order chi connectivity index (χ0) is 23.4. The van der Waals surface area contributed by atoms with Crippen LogP contribution in [0.5, 0.6) is 0 Å². The minimum Gasteiger partial charge on any atom is -0.448 e. The summed E-state index contributed by atoms with van der Waals surface area (Å²) in [6.45, 7) is 4.48. The summed E-state index contributed by atoms with van der Waals surface area (Å²) >= 11 is 0. The molecular weight excluding hydrogens is 422 g/mol. The smallest absolute Gasteiger partial charge is 0.410 e. The van der Waals surface area contributed by atoms with Gasteiger partial charge < -0.3 is 14.7 Å². The van der Waals surface area contributed by atoms with E-state index in [-0.39, 0.29) is 24.1 Å². The summed E-state index contributed by atoms with van der Waals surface area (Å²) in [5, 5.41) is 11.7. The van der Waals surface area contributed by atoms with Crippen molar-refractivity contribution in [3.05, 3.63) is 94.5 Å². The lowest BCUT2D eigenvalue weighted by Gasteiger charge is -2.44. The highest BCUT2D eigenvalue weighted by Gasteiger charge is 2.51. The number of piperidine rings is 1. The van der Waals surface area contributed by atoms with E-state index in [0.717, 1.165) is 29.5 Å². The molecule has 1 amide bonds. The molecule has 1 N–H and O–H groups in total. The Hall–Kier alpha value is -3.11. The highest BCUT2D eigenvalue weighted by Crippen LogP contribution is 2.48. The zero-order valence-corrected chi connectivity index (χ0v) is 19.8. The second-order valence-electron chi connectivity index (χ2n) is 10.3. The van der Waals surface area contributed by atoms with E-state index in [1.165, 1.54) is 22.3 Å². The summed E-state index contributed by atoms with van der Waals surface area (Å²) in [6, 6.07) is 23.0. The molecule has 0 spiro atoms. The van der Waals surface area contributed by atoms with Crippen molar-refractivity contribution in [1.82, 2.24) is 4.90 Å². The lowest BCUT2D eigenvalue weighted by atomic mass is 9.77. The molecular formula is C30H31NO3. The summed E-state index contributed by atoms with van der Waals surface area (Å²) in [5.74, 6) is 0.0605. The van der Waals surface area contributed by atoms with Crippen molar-refractivity contribution in [3.8, 4) is 11.1 Å². The van der Waals surface area contributed by atoms with Crippen molar-refractivity contribution in [2.24, 2.45) is 0 Å². The van der Waals surface area contributed by atoms with Crippen molar-refractivity contribution in [2.75, 3.05) is 6.61 Å². The van der Waals surface area contributed by atoms with Crippen LogP contribution in [-0.2, 0) is 10.3 Å². The SMILES string of the molecule is Cc1cccc(C)c1C1(O)CC2CCC(C1)N2C(=O)OCC1c2ccccc2-c2ccccc21. The molecule has 3 aliphatic rings. The first kappa shape index (κ1) is 21.4. The molecule has 3 aromatic rings. The number of aryl methyl sites for hydroxylation is 2. The molecule has 34 heavy (non-hydrogen) atoms. The summed E-state index contributed by atoms with van der Waals surface area (Å²) < 4.78 is 5.99. The van der Waals surface area contributed by atoms with Gasteiger partial charge in [-0.3, -0.25) is 0 Å². The minimum absolute atomic E-state index is 0.0124. The molecule has 2 heterocycles. The van der Waals surface area contributed by atoms with Crippen molar-refractivity contribution in [3.63, 3.8) is 0 Å². The molecule has 2 bridgehead atoms. The van der Waals surface area contributed by atoms with E-state index in [9.17, 15) is 9.90 Å². The number of ether oxygens (including phenoxy) is 1. The van der Waals surface area contributed by atoms with Crippen molar-refractivity contribution < 1.29 is 14.6 Å². The highest BCUT2D eigenvalue weighted by atomic mass is 16.6. The van der Waals surface area contributed by atoms with Gasteiger partial charge in [0.05, 0.1) is 5.60 Å². The van der Waals surface area contributed by atoms with Gasteiger partial charge in [0.1, 0.15) is 6.61 Å². The highest BCUT2D eigenvalue weighted by molar-refractivity contribution is 5.79. The number of amides is 1. The van der Waals surface area contributed by atoms with Crippen molar-refractivity contribution in [1.29, 1.82) is 0 Å². The Kier molecular flexibility index (Phi) is 5.03. The molecule has 0 saturated carbocycles. The number of carbonyl (C=O) groups excluding carboxylic acids is 1. The van der Waals surface area contributed by atoms with Crippen LogP contribution >= 0.6 is 0 Å². The van der Waals surface area contributed by atoms with Gasteiger partial charge in [0.2, 0.25) is 0 Å². The molecule has 2 unspecified atom stereocenters. The van der Waals surface area contributed by atoms with Crippen LogP contribution < -0.4 is 0 Å². The third-order valence-electron chi connectivity index (χ3n) is 8.26. The van der Waals surface area contributed by atoms with E-state index in [4.69, 9.17) is 4.74 Å². The first-order valence-electron chi connectivity index (χ1n) is 12.4. The molecule has 6 rings (SSSR count). The van der Waals surface area contributed by atoms with Crippen LogP contribution in [0.1, 0.15) is 59.4 Å². The molecule has 0 aromatic heterocycles. The molecule has 4 heteroatoms. The van der Waals surface area contributed by atoms with Gasteiger partial charge in [-0.2, -0.15) is 0 Å². The predicted molar refractivity (Wildman–Crippen MR) is 133 cm³/mol. The quantitative estimate of drug-likeness (QED) is 0.524. The molecule has 4 nitrogen and oxygen atoms in total. The topological polar surface area (TPSA) is 49.8 Å². The van der Waals surface area contributed by atoms with Crippen LogP contribution in [0.15, 0.2) is 66.7 Å². The fourth-order valence-corrected chi connectivity index (χ4v) is 6.94. The van der Waals surface area contributed by atoms with E-state index in [1.54, 1.807) is 0 Å². The van der Waals surface area contributed by atoms with Gasteiger partial charge in [-0.25, -0.2) is 4.79 Å². The Balaban J connectivity index is 1.20. The van der Waals surface area contributed by atoms with E-state index in [1.807, 2.05) is 11.0 Å². The number of nitrogens with zero attached hydrogens (tertiary/aromatic N) is 1. The molecule has 174 valence electrons. The summed E-state index contributed by atoms with van der Waals surface area (Å²) in [6.07, 6.45) is 2.74. The first-order valence-corrected chi connectivity index (χ1v) is 12.4. The molecule has 0 radical (unpaired) electrons. The Morgan fingerprint density at radius 2 is 1.41 bits per heavy atom. The lowest BCUT2D eigenvalue weighted by molar-refractivity contribution is -0.0538. The number of benzene rings is 3. The van der Waals surface area contributed by atoms with Gasteiger partial charge >= 0.3 is 6.09 Å². The largest absolute Gasteiger partial charge is 0.448 e. The van der Waals surface area contributed by atoms with Crippen LogP contribution in [-0.4, -0.2) is 34.8 Å². The minimum atomic E-state index is -0.888. The third-order valence-corrected chi connectivity index (χ3v) is 8.26. The van der Waals surface area contributed by atoms with E-state index in [2.05, 4.69) is 74.5 Å². The number of carbonyl (C=O) groups is 1. The Labute approximate surface area is 201 Å². The van der Waals surface area contributed by atoms with Gasteiger partial charge in [-0.05, 0) is 65.6 Å². The molecule has 2 saturated heterocycles. The van der Waals surface area contributed by atoms with Crippen LogP contribution in [0.25, 0.3) is 11.1 Å². The maximum absolute atomic E-state index is 13.3. The van der Waals surface area contributed by atoms with Gasteiger partial charge in [0.15, 0.2) is 0 Å². The Morgan fingerprint density at radius 3 is 1.97 bits per heavy atom. The van der Waals surface area contributed by atoms with Crippen LogP contribution in [0.2, 0.25) is 0 Å². The third kappa shape index (κ3) is 3.27. The molecule has 2 aliphatic heterocycles. The van der Waals surface area contributed by atoms with Crippen molar-refractivity contribution >= 4 is 6.09 Å². The number of hydrogen-bond acceptors (Lipinski definition) is 3. The zero-order valence-electron chi connectivity index (χ0n) is 19.8. The van der Waals surface area contributed by atoms with Gasteiger partial charge in [-0.15, -0.1) is 0 Å². The maximum atomic E-state index is 13.3. The molecule has 3 aromatic carbocycles. The van der Waals surface area contributed by atoms with Crippen LogP contribution in [0.3, 0.4) is 0 Å². The first-order chi connectivity index (χ1) is 16.5. The number of rotatable bonds is 3. The average Bonchev–Trinajstić information content (AvgIpc) is 3.30. The standard InChI is InChI=1S/C30H31NO3/c1-19-8-7-9-20(2)28(19)30(33)16-21-14-15-22(17-30)31(21)29(32)34-18-27-25-12-5-3-10-23(25)24-11-4-6-13-26(24)27/h3-13,21-22,27,33H,14-18H2,1-2H3. The number of hydrogen-bond donors (Lipinski definition) is 1. The van der Waals surface area contributed by atoms with Crippen LogP contribution in [0, 0.1) is 13.8 Å². The van der Waals surface area contributed by atoms with Gasteiger partial charge in [0.25, 0.3) is 0 Å². The average molecular weight is 454 g/mol. The second kappa shape index (κ2) is 7.99. The number of aliphatic hydroxyl groups is 1. The Morgan fingerprint density at radius 1 is 0.882 bits per heavy atom. The second-order valence-corrected chi connectivity index (χ2v) is 10.3. The summed E-state index contributed by atoms with van der Waals surface area (Å²) in [4.78, 5) is 15.3. The lowest BCUT2D eigenvalue weighted by Crippen LogP contribution is -2.52. The van der Waals surface area contributed by atoms with E-state index >= 15 is 0 Å². The summed E-state index contributed by atoms with van der Waals surface area (Å²) in [5.41, 5.74) is 7.31. The van der Waals surface area contributed by atoms with E-state index < -0.39 is 5.60 Å².